The zero-order valence-corrected chi connectivity index (χ0v) is 21.4. The number of rotatable bonds is 6. The van der Waals surface area contributed by atoms with Gasteiger partial charge in [0.25, 0.3) is 5.56 Å². The Morgan fingerprint density at radius 1 is 1.20 bits per heavy atom. The van der Waals surface area contributed by atoms with E-state index in [0.717, 1.165) is 77.4 Å². The number of thiophene rings is 1. The lowest BCUT2D eigenvalue weighted by atomic mass is 9.97. The van der Waals surface area contributed by atoms with Gasteiger partial charge in [-0.3, -0.25) is 24.3 Å². The third kappa shape index (κ3) is 4.73. The highest BCUT2D eigenvalue weighted by Gasteiger charge is 2.23. The van der Waals surface area contributed by atoms with Crippen molar-refractivity contribution in [2.45, 2.75) is 44.7 Å². The van der Waals surface area contributed by atoms with Crippen LogP contribution >= 0.6 is 34.4 Å². The van der Waals surface area contributed by atoms with Gasteiger partial charge in [-0.05, 0) is 79.7 Å². The van der Waals surface area contributed by atoms with E-state index in [2.05, 4.69) is 10.3 Å². The van der Waals surface area contributed by atoms with Gasteiger partial charge >= 0.3 is 5.00 Å². The number of carbonyl (C=O) groups excluding carboxylic acids is 1. The second-order valence-corrected chi connectivity index (χ2v) is 11.4. The summed E-state index contributed by atoms with van der Waals surface area (Å²) in [6.45, 7) is 3.96. The fourth-order valence-corrected chi connectivity index (χ4v) is 7.05. The maximum atomic E-state index is 13.9. The SMILES string of the molecule is Cc1cc(C)cc(-n2c(SCC(=O)Nc3ncc([N+](=O)[O-])s3)nc3sc4c(c3c2=O)CCCC4)c1. The summed E-state index contributed by atoms with van der Waals surface area (Å²) < 4.78 is 1.61. The van der Waals surface area contributed by atoms with Gasteiger partial charge in [0.2, 0.25) is 5.91 Å². The van der Waals surface area contributed by atoms with Gasteiger partial charge in [-0.15, -0.1) is 11.3 Å². The van der Waals surface area contributed by atoms with Gasteiger partial charge < -0.3 is 5.32 Å². The number of thioether (sulfide) groups is 1. The summed E-state index contributed by atoms with van der Waals surface area (Å²) >= 11 is 3.52. The average Bonchev–Trinajstić information content (AvgIpc) is 3.41. The molecule has 1 aliphatic carbocycles. The van der Waals surface area contributed by atoms with Crippen LogP contribution in [-0.2, 0) is 17.6 Å². The number of amides is 1. The van der Waals surface area contributed by atoms with Gasteiger partial charge in [0, 0.05) is 4.88 Å². The number of anilines is 1. The molecule has 0 spiro atoms. The first-order valence-corrected chi connectivity index (χ1v) is 13.6. The van der Waals surface area contributed by atoms with E-state index in [-0.39, 0.29) is 27.4 Å². The Bertz CT molecular complexity index is 1520. The topological polar surface area (TPSA) is 120 Å². The predicted octanol–water partition coefficient (Wildman–Crippen LogP) is 5.04. The Morgan fingerprint density at radius 2 is 1.94 bits per heavy atom. The predicted molar refractivity (Wildman–Crippen MR) is 139 cm³/mol. The van der Waals surface area contributed by atoms with Crippen LogP contribution in [0.2, 0.25) is 0 Å². The summed E-state index contributed by atoms with van der Waals surface area (Å²) in [5.74, 6) is -0.410. The molecule has 1 amide bonds. The van der Waals surface area contributed by atoms with Crippen molar-refractivity contribution < 1.29 is 9.72 Å². The second kappa shape index (κ2) is 9.51. The lowest BCUT2D eigenvalue weighted by molar-refractivity contribution is -0.380. The normalized spacial score (nSPS) is 13.1. The first-order valence-electron chi connectivity index (χ1n) is 11.0. The molecule has 0 fully saturated rings. The van der Waals surface area contributed by atoms with E-state index in [9.17, 15) is 19.7 Å². The van der Waals surface area contributed by atoms with Crippen LogP contribution in [-0.4, -0.2) is 31.1 Å². The Kier molecular flexibility index (Phi) is 6.43. The van der Waals surface area contributed by atoms with Crippen molar-refractivity contribution >= 4 is 60.7 Å². The molecule has 0 atom stereocenters. The van der Waals surface area contributed by atoms with E-state index in [4.69, 9.17) is 4.98 Å². The van der Waals surface area contributed by atoms with Crippen LogP contribution in [0.15, 0.2) is 34.3 Å². The van der Waals surface area contributed by atoms with E-state index in [0.29, 0.717) is 15.4 Å². The Labute approximate surface area is 212 Å². The lowest BCUT2D eigenvalue weighted by Gasteiger charge is -2.14. The monoisotopic (exact) mass is 527 g/mol. The van der Waals surface area contributed by atoms with Crippen LogP contribution in [0.1, 0.15) is 34.4 Å². The molecule has 180 valence electrons. The van der Waals surface area contributed by atoms with E-state index >= 15 is 0 Å². The van der Waals surface area contributed by atoms with Gasteiger partial charge in [0.05, 0.1) is 21.7 Å². The first kappa shape index (κ1) is 23.6. The number of hydrogen-bond acceptors (Lipinski definition) is 9. The molecule has 0 saturated heterocycles. The molecule has 5 rings (SSSR count). The zero-order chi connectivity index (χ0) is 24.7. The molecule has 0 saturated carbocycles. The van der Waals surface area contributed by atoms with Crippen LogP contribution in [0.25, 0.3) is 15.9 Å². The number of thiazole rings is 1. The van der Waals surface area contributed by atoms with Gasteiger partial charge in [0.1, 0.15) is 11.0 Å². The van der Waals surface area contributed by atoms with Gasteiger partial charge in [-0.2, -0.15) is 0 Å². The van der Waals surface area contributed by atoms with Crippen molar-refractivity contribution in [3.05, 3.63) is 66.4 Å². The Balaban J connectivity index is 1.52. The van der Waals surface area contributed by atoms with Crippen molar-refractivity contribution in [2.24, 2.45) is 0 Å². The molecule has 1 aromatic carbocycles. The van der Waals surface area contributed by atoms with Crippen molar-refractivity contribution in [3.63, 3.8) is 0 Å². The highest BCUT2D eigenvalue weighted by molar-refractivity contribution is 7.99. The minimum absolute atomic E-state index is 0.0266. The molecule has 12 heteroatoms. The molecule has 0 bridgehead atoms. The number of aryl methyl sites for hydroxylation is 4. The first-order chi connectivity index (χ1) is 16.8. The van der Waals surface area contributed by atoms with Crippen molar-refractivity contribution in [3.8, 4) is 5.69 Å². The lowest BCUT2D eigenvalue weighted by Crippen LogP contribution is -2.23. The number of aromatic nitrogens is 3. The highest BCUT2D eigenvalue weighted by Crippen LogP contribution is 2.35. The number of fused-ring (bicyclic) bond motifs is 3. The van der Waals surface area contributed by atoms with Crippen molar-refractivity contribution in [2.75, 3.05) is 11.1 Å². The summed E-state index contributed by atoms with van der Waals surface area (Å²) in [6.07, 6.45) is 5.13. The fourth-order valence-electron chi connectivity index (χ4n) is 4.28. The highest BCUT2D eigenvalue weighted by atomic mass is 32.2. The van der Waals surface area contributed by atoms with E-state index < -0.39 is 4.92 Å². The third-order valence-corrected chi connectivity index (χ3v) is 8.66. The maximum absolute atomic E-state index is 13.9. The summed E-state index contributed by atoms with van der Waals surface area (Å²) in [6, 6.07) is 5.93. The van der Waals surface area contributed by atoms with Crippen LogP contribution < -0.4 is 10.9 Å². The van der Waals surface area contributed by atoms with E-state index in [1.54, 1.807) is 15.9 Å². The molecule has 0 unspecified atom stereocenters. The Morgan fingerprint density at radius 3 is 2.66 bits per heavy atom. The molecular formula is C23H21N5O4S3. The summed E-state index contributed by atoms with van der Waals surface area (Å²) in [5.41, 5.74) is 3.78. The fraction of sp³-hybridized carbons (Fsp3) is 0.304. The van der Waals surface area contributed by atoms with Gasteiger partial charge in [0.15, 0.2) is 10.3 Å². The minimum atomic E-state index is -0.551. The molecule has 0 aliphatic heterocycles. The van der Waals surface area contributed by atoms with Gasteiger partial charge in [-0.25, -0.2) is 9.97 Å². The molecule has 3 heterocycles. The van der Waals surface area contributed by atoms with Crippen LogP contribution in [0.3, 0.4) is 0 Å². The average molecular weight is 528 g/mol. The van der Waals surface area contributed by atoms with Crippen LogP contribution in [0.4, 0.5) is 10.1 Å². The molecule has 0 radical (unpaired) electrons. The number of nitrogens with zero attached hydrogens (tertiary/aromatic N) is 4. The van der Waals surface area contributed by atoms with E-state index in [1.165, 1.54) is 4.88 Å². The van der Waals surface area contributed by atoms with Crippen LogP contribution in [0, 0.1) is 24.0 Å². The smallest absolute Gasteiger partial charge is 0.301 e. The summed E-state index contributed by atoms with van der Waals surface area (Å²) in [5, 5.41) is 14.6. The molecule has 9 nitrogen and oxygen atoms in total. The van der Waals surface area contributed by atoms with Gasteiger partial charge in [-0.1, -0.05) is 17.8 Å². The molecule has 1 aliphatic rings. The number of nitrogens with one attached hydrogen (secondary N) is 1. The summed E-state index contributed by atoms with van der Waals surface area (Å²) in [7, 11) is 0. The molecule has 1 N–H and O–H groups in total. The standard InChI is InChI=1S/C23H21N5O4S3/c1-12-7-13(2)9-14(8-12)27-21(30)19-15-5-3-4-6-16(15)34-20(19)26-23(27)33-11-17(29)25-22-24-10-18(35-22)28(31)32/h7-10H,3-6,11H2,1-2H3,(H,24,25,29). The van der Waals surface area contributed by atoms with Crippen molar-refractivity contribution in [1.29, 1.82) is 0 Å². The summed E-state index contributed by atoms with van der Waals surface area (Å²) in [4.78, 5) is 47.4. The maximum Gasteiger partial charge on any atom is 0.345 e. The number of benzene rings is 1. The van der Waals surface area contributed by atoms with E-state index in [1.807, 2.05) is 32.0 Å². The molecule has 4 aromatic rings. The second-order valence-electron chi connectivity index (χ2n) is 8.37. The number of carbonyl (C=O) groups is 1. The van der Waals surface area contributed by atoms with Crippen molar-refractivity contribution in [1.82, 2.24) is 14.5 Å². The van der Waals surface area contributed by atoms with Crippen LogP contribution in [0.5, 0.6) is 0 Å². The molecule has 35 heavy (non-hydrogen) atoms. The molecular weight excluding hydrogens is 506 g/mol. The molecule has 3 aromatic heterocycles. The Hall–Kier alpha value is -3.09. The quantitative estimate of drug-likeness (QED) is 0.161. The third-order valence-electron chi connectivity index (χ3n) is 5.67. The largest absolute Gasteiger partial charge is 0.345 e. The minimum Gasteiger partial charge on any atom is -0.301 e. The zero-order valence-electron chi connectivity index (χ0n) is 19.0. The number of nitro groups is 1. The number of hydrogen-bond donors (Lipinski definition) is 1.